The number of ketones is 1. The van der Waals surface area contributed by atoms with E-state index in [0.717, 1.165) is 23.5 Å². The minimum absolute atomic E-state index is 0.0206. The minimum atomic E-state index is -0.791. The van der Waals surface area contributed by atoms with Crippen LogP contribution in [0.4, 0.5) is 11.5 Å². The molecule has 188 valence electrons. The van der Waals surface area contributed by atoms with E-state index in [1.807, 2.05) is 43.0 Å². The Labute approximate surface area is 214 Å². The first kappa shape index (κ1) is 24.1. The molecule has 5 N–H and O–H groups in total. The fourth-order valence-electron chi connectivity index (χ4n) is 4.58. The van der Waals surface area contributed by atoms with Crippen molar-refractivity contribution in [2.24, 2.45) is 15.7 Å². The number of likely N-dealkylation sites (tertiary alicyclic amines) is 1. The number of nitrogens with one attached hydrogen (secondary N) is 3. The molecule has 1 saturated heterocycles. The molecular weight excluding hydrogens is 478 g/mol. The van der Waals surface area contributed by atoms with Crippen LogP contribution in [0.2, 0.25) is 5.15 Å². The van der Waals surface area contributed by atoms with Gasteiger partial charge in [-0.25, -0.2) is 9.98 Å². The minimum Gasteiger partial charge on any atom is -0.376 e. The number of carbonyl (C=O) groups is 1. The Bertz CT molecular complexity index is 1310. The highest BCUT2D eigenvalue weighted by atomic mass is 35.5. The Hall–Kier alpha value is -3.66. The normalized spacial score (nSPS) is 20.7. The fraction of sp³-hybridized carbons (Fsp3) is 0.400. The van der Waals surface area contributed by atoms with E-state index in [-0.39, 0.29) is 18.3 Å². The molecule has 2 aliphatic rings. The standard InChI is InChI=1S/C25H30ClN9O/c1-15-17(8-9-21(26)30-15)29-14-20(36)25(2)10-4-12-35(25)24(27)32-23(18-5-3-11-28-18)31-22-13-19(33-34-22)16-6-7-16/h3,5,8-9,11,13,16,28-29H,4,6-7,10,12,14H2,1-2H3,(H3,27,31,32,33,34)/t25-/m0/s1. The highest BCUT2D eigenvalue weighted by molar-refractivity contribution is 6.29. The molecule has 0 unspecified atom stereocenters. The third-order valence-electron chi connectivity index (χ3n) is 6.89. The van der Waals surface area contributed by atoms with Crippen molar-refractivity contribution in [1.82, 2.24) is 25.1 Å². The van der Waals surface area contributed by atoms with Crippen LogP contribution in [0.25, 0.3) is 0 Å². The van der Waals surface area contributed by atoms with E-state index in [0.29, 0.717) is 41.4 Å². The summed E-state index contributed by atoms with van der Waals surface area (Å²) in [5, 5.41) is 11.0. The molecule has 0 spiro atoms. The average Bonchev–Trinajstić information content (AvgIpc) is 3.23. The van der Waals surface area contributed by atoms with Crippen LogP contribution in [0.5, 0.6) is 0 Å². The van der Waals surface area contributed by atoms with E-state index in [2.05, 4.69) is 35.5 Å². The Balaban J connectivity index is 1.36. The van der Waals surface area contributed by atoms with Crippen molar-refractivity contribution in [3.8, 4) is 0 Å². The number of carbonyl (C=O) groups excluding carboxylic acids is 1. The highest BCUT2D eigenvalue weighted by Gasteiger charge is 2.43. The van der Waals surface area contributed by atoms with Crippen LogP contribution in [0.15, 0.2) is 46.5 Å². The molecular formula is C25H30ClN9O. The molecule has 3 aromatic heterocycles. The Morgan fingerprint density at radius 2 is 2.19 bits per heavy atom. The maximum absolute atomic E-state index is 13.4. The average molecular weight is 508 g/mol. The van der Waals surface area contributed by atoms with Crippen molar-refractivity contribution in [2.45, 2.75) is 51.0 Å². The van der Waals surface area contributed by atoms with E-state index >= 15 is 0 Å². The molecule has 0 bridgehead atoms. The summed E-state index contributed by atoms with van der Waals surface area (Å²) in [6, 6.07) is 9.23. The third-order valence-corrected chi connectivity index (χ3v) is 7.10. The molecule has 36 heavy (non-hydrogen) atoms. The van der Waals surface area contributed by atoms with E-state index in [4.69, 9.17) is 17.3 Å². The van der Waals surface area contributed by atoms with Gasteiger partial charge < -0.3 is 20.9 Å². The smallest absolute Gasteiger partial charge is 0.198 e. The zero-order valence-corrected chi connectivity index (χ0v) is 21.1. The Kier molecular flexibility index (Phi) is 6.53. The van der Waals surface area contributed by atoms with Gasteiger partial charge >= 0.3 is 0 Å². The number of rotatable bonds is 7. The van der Waals surface area contributed by atoms with E-state index in [9.17, 15) is 4.79 Å². The molecule has 1 saturated carbocycles. The quantitative estimate of drug-likeness (QED) is 0.217. The molecule has 1 aliphatic carbocycles. The molecule has 11 heteroatoms. The number of nitrogens with two attached hydrogens (primary N) is 1. The van der Waals surface area contributed by atoms with Crippen molar-refractivity contribution in [2.75, 3.05) is 18.4 Å². The Morgan fingerprint density at radius 1 is 1.36 bits per heavy atom. The number of aryl methyl sites for hydroxylation is 1. The van der Waals surface area contributed by atoms with Crippen LogP contribution in [-0.2, 0) is 4.79 Å². The van der Waals surface area contributed by atoms with E-state index < -0.39 is 5.54 Å². The number of amidine groups is 1. The fourth-order valence-corrected chi connectivity index (χ4v) is 4.77. The number of halogens is 1. The SMILES string of the molecule is Cc1nc(Cl)ccc1NCC(=O)[C@]1(C)CCCN1C(N)=NC(=Nc1cc(C2CC2)[nH]n1)c1ccc[nH]1. The van der Waals surface area contributed by atoms with Gasteiger partial charge in [0.2, 0.25) is 0 Å². The number of nitrogens with zero attached hydrogens (tertiary/aromatic N) is 5. The van der Waals surface area contributed by atoms with E-state index in [1.165, 1.54) is 12.8 Å². The van der Waals surface area contributed by atoms with Crippen LogP contribution >= 0.6 is 11.6 Å². The largest absolute Gasteiger partial charge is 0.376 e. The second-order valence-corrected chi connectivity index (χ2v) is 9.90. The lowest BCUT2D eigenvalue weighted by Crippen LogP contribution is -2.55. The number of anilines is 1. The number of pyridine rings is 1. The first-order valence-electron chi connectivity index (χ1n) is 12.1. The zero-order chi connectivity index (χ0) is 25.3. The maximum Gasteiger partial charge on any atom is 0.198 e. The summed E-state index contributed by atoms with van der Waals surface area (Å²) in [6.07, 6.45) is 5.66. The van der Waals surface area contributed by atoms with Crippen molar-refractivity contribution in [3.63, 3.8) is 0 Å². The van der Waals surface area contributed by atoms with Crippen molar-refractivity contribution in [1.29, 1.82) is 0 Å². The number of H-pyrrole nitrogens is 2. The van der Waals surface area contributed by atoms with Gasteiger partial charge in [0.05, 0.1) is 23.6 Å². The molecule has 1 aliphatic heterocycles. The van der Waals surface area contributed by atoms with Gasteiger partial charge in [-0.05, 0) is 63.8 Å². The van der Waals surface area contributed by atoms with Gasteiger partial charge in [0, 0.05) is 30.4 Å². The van der Waals surface area contributed by atoms with Crippen molar-refractivity contribution < 1.29 is 4.79 Å². The third kappa shape index (κ3) is 4.99. The lowest BCUT2D eigenvalue weighted by atomic mass is 9.93. The monoisotopic (exact) mass is 507 g/mol. The van der Waals surface area contributed by atoms with Gasteiger partial charge in [0.15, 0.2) is 23.4 Å². The van der Waals surface area contributed by atoms with Gasteiger partial charge in [0.25, 0.3) is 0 Å². The number of hydrogen-bond donors (Lipinski definition) is 4. The topological polar surface area (TPSA) is 140 Å². The Morgan fingerprint density at radius 3 is 2.92 bits per heavy atom. The summed E-state index contributed by atoms with van der Waals surface area (Å²) < 4.78 is 0. The molecule has 0 radical (unpaired) electrons. The molecule has 0 amide bonds. The summed E-state index contributed by atoms with van der Waals surface area (Å²) in [6.45, 7) is 4.53. The summed E-state index contributed by atoms with van der Waals surface area (Å²) in [5.41, 5.74) is 9.04. The van der Waals surface area contributed by atoms with Gasteiger partial charge in [-0.1, -0.05) is 11.6 Å². The summed E-state index contributed by atoms with van der Waals surface area (Å²) in [5.74, 6) is 1.77. The van der Waals surface area contributed by atoms with Crippen molar-refractivity contribution in [3.05, 3.63) is 58.8 Å². The molecule has 2 fully saturated rings. The molecule has 0 aromatic carbocycles. The zero-order valence-electron chi connectivity index (χ0n) is 20.4. The van der Waals surface area contributed by atoms with Crippen LogP contribution in [0.1, 0.15) is 55.6 Å². The molecule has 10 nitrogen and oxygen atoms in total. The first-order valence-corrected chi connectivity index (χ1v) is 12.5. The van der Waals surface area contributed by atoms with E-state index in [1.54, 1.807) is 12.3 Å². The van der Waals surface area contributed by atoms with Gasteiger partial charge in [0.1, 0.15) is 10.7 Å². The number of aliphatic imine (C=N–C) groups is 2. The number of Topliss-reactive ketones (excluding diaryl/α,β-unsaturated/α-hetero) is 1. The predicted molar refractivity (Wildman–Crippen MR) is 141 cm³/mol. The van der Waals surface area contributed by atoms with Crippen LogP contribution in [-0.4, -0.2) is 61.3 Å². The van der Waals surface area contributed by atoms with Crippen LogP contribution in [0.3, 0.4) is 0 Å². The van der Waals surface area contributed by atoms with Gasteiger partial charge in [-0.3, -0.25) is 9.89 Å². The first-order chi connectivity index (χ1) is 17.3. The van der Waals surface area contributed by atoms with Crippen LogP contribution < -0.4 is 11.1 Å². The number of guanidine groups is 1. The summed E-state index contributed by atoms with van der Waals surface area (Å²) >= 11 is 5.95. The maximum atomic E-state index is 13.4. The lowest BCUT2D eigenvalue weighted by Gasteiger charge is -2.34. The van der Waals surface area contributed by atoms with Gasteiger partial charge in [-0.2, -0.15) is 10.1 Å². The molecule has 4 heterocycles. The lowest BCUT2D eigenvalue weighted by molar-refractivity contribution is -0.125. The molecule has 5 rings (SSSR count). The second-order valence-electron chi connectivity index (χ2n) is 9.52. The van der Waals surface area contributed by atoms with Gasteiger partial charge in [-0.15, -0.1) is 0 Å². The molecule has 3 aromatic rings. The summed E-state index contributed by atoms with van der Waals surface area (Å²) in [4.78, 5) is 32.0. The predicted octanol–water partition coefficient (Wildman–Crippen LogP) is 3.90. The highest BCUT2D eigenvalue weighted by Crippen LogP contribution is 2.39. The second kappa shape index (κ2) is 9.77. The summed E-state index contributed by atoms with van der Waals surface area (Å²) in [7, 11) is 0. The number of aromatic amines is 2. The number of hydrogen-bond acceptors (Lipinski definition) is 5. The molecule has 1 atom stereocenters. The van der Waals surface area contributed by atoms with Crippen molar-refractivity contribution >= 4 is 40.7 Å². The van der Waals surface area contributed by atoms with Crippen LogP contribution in [0, 0.1) is 6.92 Å². The number of aromatic nitrogens is 4.